The fourth-order valence-electron chi connectivity index (χ4n) is 4.63. The van der Waals surface area contributed by atoms with Gasteiger partial charge < -0.3 is 14.8 Å². The number of aryl methyl sites for hydroxylation is 1. The number of carbonyl (C=O) groups excluding carboxylic acids is 3. The lowest BCUT2D eigenvalue weighted by atomic mass is 9.81. The molecule has 4 amide bonds. The van der Waals surface area contributed by atoms with Crippen LogP contribution in [0.25, 0.3) is 0 Å². The molecule has 1 atom stereocenters. The number of halogens is 1. The molecule has 8 nitrogen and oxygen atoms in total. The van der Waals surface area contributed by atoms with Crippen molar-refractivity contribution in [1.82, 2.24) is 24.7 Å². The van der Waals surface area contributed by atoms with E-state index in [1.165, 1.54) is 17.0 Å². The van der Waals surface area contributed by atoms with Crippen molar-refractivity contribution in [2.75, 3.05) is 13.6 Å². The van der Waals surface area contributed by atoms with Crippen LogP contribution in [-0.4, -0.2) is 56.3 Å². The number of urea groups is 1. The molecule has 1 unspecified atom stereocenters. The monoisotopic (exact) mass is 427 g/mol. The number of carbonyl (C=O) groups is 3. The third-order valence-corrected chi connectivity index (χ3v) is 6.41. The predicted octanol–water partition coefficient (Wildman–Crippen LogP) is 2.36. The highest BCUT2D eigenvalue weighted by molar-refractivity contribution is 6.09. The number of amides is 4. The first-order valence-corrected chi connectivity index (χ1v) is 10.5. The average Bonchev–Trinajstić information content (AvgIpc) is 3.26. The van der Waals surface area contributed by atoms with E-state index >= 15 is 0 Å². The summed E-state index contributed by atoms with van der Waals surface area (Å²) in [7, 11) is 3.43. The molecule has 1 aromatic carbocycles. The largest absolute Gasteiger partial charge is 0.341 e. The molecule has 0 bridgehead atoms. The van der Waals surface area contributed by atoms with Crippen LogP contribution in [0.5, 0.6) is 0 Å². The van der Waals surface area contributed by atoms with Crippen molar-refractivity contribution >= 4 is 17.8 Å². The number of nitrogens with zero attached hydrogens (tertiary/aromatic N) is 4. The van der Waals surface area contributed by atoms with Gasteiger partial charge in [-0.25, -0.2) is 14.2 Å². The third-order valence-electron chi connectivity index (χ3n) is 6.41. The summed E-state index contributed by atoms with van der Waals surface area (Å²) in [4.78, 5) is 45.7. The lowest BCUT2D eigenvalue weighted by Crippen LogP contribution is -2.49. The highest BCUT2D eigenvalue weighted by Gasteiger charge is 2.55. The van der Waals surface area contributed by atoms with E-state index in [0.717, 1.165) is 24.2 Å². The minimum atomic E-state index is -0.828. The molecule has 9 heteroatoms. The maximum Gasteiger partial charge on any atom is 0.327 e. The Kier molecular flexibility index (Phi) is 5.51. The minimum absolute atomic E-state index is 0.301. The number of imide groups is 1. The van der Waals surface area contributed by atoms with Gasteiger partial charge in [-0.2, -0.15) is 0 Å². The second-order valence-electron chi connectivity index (χ2n) is 8.27. The molecule has 4 rings (SSSR count). The molecular weight excluding hydrogens is 401 g/mol. The number of imidazole rings is 1. The van der Waals surface area contributed by atoms with Crippen molar-refractivity contribution in [2.45, 2.75) is 43.7 Å². The number of nitrogens with one attached hydrogen (secondary N) is 1. The van der Waals surface area contributed by atoms with Gasteiger partial charge in [-0.1, -0.05) is 31.4 Å². The predicted molar refractivity (Wildman–Crippen MR) is 110 cm³/mol. The molecule has 1 aliphatic heterocycles. The molecule has 1 aliphatic carbocycles. The second kappa shape index (κ2) is 8.13. The lowest BCUT2D eigenvalue weighted by molar-refractivity contribution is -0.137. The fourth-order valence-corrected chi connectivity index (χ4v) is 4.63. The first-order chi connectivity index (χ1) is 14.8. The highest BCUT2D eigenvalue weighted by Crippen LogP contribution is 2.39. The summed E-state index contributed by atoms with van der Waals surface area (Å²) in [5.74, 6) is -0.617. The quantitative estimate of drug-likeness (QED) is 0.742. The van der Waals surface area contributed by atoms with Gasteiger partial charge in [0.15, 0.2) is 0 Å². The number of benzene rings is 1. The standard InChI is InChI=1S/C22H26FN5O3/c1-26-13-12-24-19(26)18(15-6-8-16(23)9-7-15)25-17(29)14-28-20(30)22(27(2)21(28)31)10-4-3-5-11-22/h6-9,12-13,18H,3-5,10-11,14H2,1-2H3,(H,25,29). The molecule has 0 radical (unpaired) electrons. The van der Waals surface area contributed by atoms with Gasteiger partial charge in [0.25, 0.3) is 5.91 Å². The van der Waals surface area contributed by atoms with Crippen LogP contribution in [0.4, 0.5) is 9.18 Å². The molecular formula is C22H26FN5O3. The molecule has 2 fully saturated rings. The number of hydrogen-bond donors (Lipinski definition) is 1. The second-order valence-corrected chi connectivity index (χ2v) is 8.27. The summed E-state index contributed by atoms with van der Waals surface area (Å²) in [5.41, 5.74) is -0.185. The Bertz CT molecular complexity index is 997. The topological polar surface area (TPSA) is 87.5 Å². The van der Waals surface area contributed by atoms with Crippen molar-refractivity contribution in [2.24, 2.45) is 7.05 Å². The highest BCUT2D eigenvalue weighted by atomic mass is 19.1. The number of aromatic nitrogens is 2. The van der Waals surface area contributed by atoms with Crippen molar-refractivity contribution in [3.05, 3.63) is 53.9 Å². The molecule has 164 valence electrons. The normalized spacial score (nSPS) is 19.2. The van der Waals surface area contributed by atoms with Crippen LogP contribution in [0, 0.1) is 5.82 Å². The van der Waals surface area contributed by atoms with E-state index in [9.17, 15) is 18.8 Å². The van der Waals surface area contributed by atoms with Crippen LogP contribution in [0.2, 0.25) is 0 Å². The van der Waals surface area contributed by atoms with Crippen LogP contribution < -0.4 is 5.32 Å². The van der Waals surface area contributed by atoms with E-state index in [0.29, 0.717) is 24.2 Å². The van der Waals surface area contributed by atoms with Gasteiger partial charge >= 0.3 is 6.03 Å². The van der Waals surface area contributed by atoms with Crippen LogP contribution in [-0.2, 0) is 16.6 Å². The van der Waals surface area contributed by atoms with E-state index in [-0.39, 0.29) is 18.3 Å². The van der Waals surface area contributed by atoms with Crippen molar-refractivity contribution in [1.29, 1.82) is 0 Å². The summed E-state index contributed by atoms with van der Waals surface area (Å²) >= 11 is 0. The Morgan fingerprint density at radius 1 is 1.16 bits per heavy atom. The maximum atomic E-state index is 13.4. The fraction of sp³-hybridized carbons (Fsp3) is 0.455. The number of likely N-dealkylation sites (N-methyl/N-ethyl adjacent to an activating group) is 1. The third kappa shape index (κ3) is 3.68. The maximum absolute atomic E-state index is 13.4. The van der Waals surface area contributed by atoms with Gasteiger partial charge in [-0.05, 0) is 30.5 Å². The van der Waals surface area contributed by atoms with Crippen LogP contribution in [0.3, 0.4) is 0 Å². The summed E-state index contributed by atoms with van der Waals surface area (Å²) in [6.07, 6.45) is 7.40. The lowest BCUT2D eigenvalue weighted by Gasteiger charge is -2.35. The first-order valence-electron chi connectivity index (χ1n) is 10.5. The zero-order valence-electron chi connectivity index (χ0n) is 17.7. The van der Waals surface area contributed by atoms with Gasteiger partial charge in [0, 0.05) is 26.5 Å². The molecule has 2 aromatic rings. The zero-order valence-corrected chi connectivity index (χ0v) is 17.7. The summed E-state index contributed by atoms with van der Waals surface area (Å²) in [6, 6.07) is 4.68. The van der Waals surface area contributed by atoms with E-state index in [2.05, 4.69) is 10.3 Å². The average molecular weight is 427 g/mol. The summed E-state index contributed by atoms with van der Waals surface area (Å²) < 4.78 is 15.2. The smallest absolute Gasteiger partial charge is 0.327 e. The number of hydrogen-bond acceptors (Lipinski definition) is 4. The Morgan fingerprint density at radius 2 is 1.84 bits per heavy atom. The van der Waals surface area contributed by atoms with E-state index in [4.69, 9.17) is 0 Å². The minimum Gasteiger partial charge on any atom is -0.341 e. The number of rotatable bonds is 5. The Labute approximate surface area is 180 Å². The molecule has 31 heavy (non-hydrogen) atoms. The molecule has 1 saturated heterocycles. The van der Waals surface area contributed by atoms with Crippen LogP contribution >= 0.6 is 0 Å². The van der Waals surface area contributed by atoms with Crippen molar-refractivity contribution in [3.8, 4) is 0 Å². The SMILES string of the molecule is CN1C(=O)N(CC(=O)NC(c2ccc(F)cc2)c2nccn2C)C(=O)C12CCCCC2. The van der Waals surface area contributed by atoms with Gasteiger partial charge in [0.2, 0.25) is 5.91 Å². The first kappa shape index (κ1) is 21.0. The molecule has 2 heterocycles. The molecule has 1 aromatic heterocycles. The van der Waals surface area contributed by atoms with Gasteiger partial charge in [-0.15, -0.1) is 0 Å². The molecule has 1 N–H and O–H groups in total. The Morgan fingerprint density at radius 3 is 2.45 bits per heavy atom. The van der Waals surface area contributed by atoms with Gasteiger partial charge in [0.1, 0.15) is 29.8 Å². The molecule has 1 spiro atoms. The Hall–Kier alpha value is -3.23. The van der Waals surface area contributed by atoms with Gasteiger partial charge in [-0.3, -0.25) is 14.5 Å². The summed E-state index contributed by atoms with van der Waals surface area (Å²) in [6.45, 7) is -0.369. The van der Waals surface area contributed by atoms with Crippen molar-refractivity contribution in [3.63, 3.8) is 0 Å². The molecule has 2 aliphatic rings. The van der Waals surface area contributed by atoms with E-state index in [1.807, 2.05) is 0 Å². The summed E-state index contributed by atoms with van der Waals surface area (Å²) in [5, 5.41) is 2.86. The zero-order chi connectivity index (χ0) is 22.2. The van der Waals surface area contributed by atoms with Crippen molar-refractivity contribution < 1.29 is 18.8 Å². The van der Waals surface area contributed by atoms with Gasteiger partial charge in [0.05, 0.1) is 0 Å². The van der Waals surface area contributed by atoms with E-state index in [1.54, 1.807) is 43.2 Å². The Balaban J connectivity index is 1.54. The van der Waals surface area contributed by atoms with Crippen LogP contribution in [0.15, 0.2) is 36.7 Å². The van der Waals surface area contributed by atoms with E-state index < -0.39 is 23.5 Å². The van der Waals surface area contributed by atoms with Crippen LogP contribution in [0.1, 0.15) is 49.5 Å². The molecule has 1 saturated carbocycles.